The first-order valence-electron chi connectivity index (χ1n) is 14.6. The monoisotopic (exact) mass is 539 g/mol. The van der Waals surface area contributed by atoms with Crippen LogP contribution >= 0.6 is 0 Å². The van der Waals surface area contributed by atoms with Crippen LogP contribution in [-0.2, 0) is 0 Å². The molecule has 202 valence electrons. The zero-order chi connectivity index (χ0) is 28.4. The molecule has 0 fully saturated rings. The SMILES string of the molecule is C#C[C@@H](c1cc(-c2ccccc2)cc(-c2ccccc2)c1)c1cn([Si](C(C)C)(C(C)C)C(C)C)c2ccccc12. The smallest absolute Gasteiger partial charge is 0.169 e. The summed E-state index contributed by atoms with van der Waals surface area (Å²) in [5.74, 6) is 3.08. The van der Waals surface area contributed by atoms with Crippen LogP contribution in [0.4, 0.5) is 0 Å². The second-order valence-corrected chi connectivity index (χ2v) is 17.7. The first kappa shape index (κ1) is 27.8. The van der Waals surface area contributed by atoms with Crippen molar-refractivity contribution in [2.24, 2.45) is 0 Å². The Morgan fingerprint density at radius 2 is 1.07 bits per heavy atom. The highest BCUT2D eigenvalue weighted by molar-refractivity contribution is 6.82. The molecule has 0 radical (unpaired) electrons. The van der Waals surface area contributed by atoms with E-state index >= 15 is 0 Å². The average Bonchev–Trinajstić information content (AvgIpc) is 3.33. The molecule has 0 amide bonds. The first-order chi connectivity index (χ1) is 19.3. The van der Waals surface area contributed by atoms with E-state index in [4.69, 9.17) is 6.42 Å². The molecule has 0 unspecified atom stereocenters. The van der Waals surface area contributed by atoms with Crippen molar-refractivity contribution >= 4 is 19.1 Å². The summed E-state index contributed by atoms with van der Waals surface area (Å²) in [7, 11) is -1.99. The lowest BCUT2D eigenvalue weighted by Crippen LogP contribution is -2.51. The Bertz CT molecular complexity index is 1550. The molecular weight excluding hydrogens is 499 g/mol. The summed E-state index contributed by atoms with van der Waals surface area (Å²) < 4.78 is 2.71. The molecular formula is C38H41NSi. The molecule has 0 aliphatic rings. The van der Waals surface area contributed by atoms with Gasteiger partial charge < -0.3 is 4.23 Å². The second kappa shape index (κ2) is 11.4. The Balaban J connectivity index is 1.77. The molecule has 2 heteroatoms. The molecule has 0 bridgehead atoms. The van der Waals surface area contributed by atoms with Crippen LogP contribution in [-0.4, -0.2) is 12.5 Å². The van der Waals surface area contributed by atoms with Crippen LogP contribution in [0.1, 0.15) is 58.6 Å². The predicted octanol–water partition coefficient (Wildman–Crippen LogP) is 10.8. The maximum Gasteiger partial charge on any atom is 0.169 e. The van der Waals surface area contributed by atoms with Gasteiger partial charge in [-0.1, -0.05) is 126 Å². The molecule has 0 aliphatic heterocycles. The Morgan fingerprint density at radius 1 is 0.600 bits per heavy atom. The van der Waals surface area contributed by atoms with Crippen LogP contribution in [0.15, 0.2) is 109 Å². The molecule has 4 aromatic carbocycles. The molecule has 5 rings (SSSR count). The second-order valence-electron chi connectivity index (χ2n) is 12.0. The summed E-state index contributed by atoms with van der Waals surface area (Å²) in [6.45, 7) is 14.6. The number of terminal acetylenes is 1. The van der Waals surface area contributed by atoms with Crippen molar-refractivity contribution in [2.45, 2.75) is 64.1 Å². The fourth-order valence-corrected chi connectivity index (χ4v) is 14.0. The number of nitrogens with zero attached hydrogens (tertiary/aromatic N) is 1. The van der Waals surface area contributed by atoms with Gasteiger partial charge in [0.1, 0.15) is 0 Å². The standard InChI is InChI=1S/C38H41NSi/c1-8-35(34-24-32(30-17-11-9-12-18-30)23-33(25-34)31-19-13-10-14-20-31)37-26-39(38-22-16-15-21-36(37)38)40(27(2)3,28(4)5)29(6)7/h1,9-29,35H,2-7H3/t35-/m0/s1. The third-order valence-corrected chi connectivity index (χ3v) is 15.7. The molecule has 1 nitrogen and oxygen atoms in total. The number of fused-ring (bicyclic) bond motifs is 1. The van der Waals surface area contributed by atoms with Gasteiger partial charge in [-0.2, -0.15) is 0 Å². The number of aromatic nitrogens is 1. The van der Waals surface area contributed by atoms with Crippen molar-refractivity contribution in [3.63, 3.8) is 0 Å². The van der Waals surface area contributed by atoms with E-state index in [1.54, 1.807) is 0 Å². The molecule has 0 saturated heterocycles. The third-order valence-electron chi connectivity index (χ3n) is 8.92. The lowest BCUT2D eigenvalue weighted by molar-refractivity contribution is 0.771. The van der Waals surface area contributed by atoms with Gasteiger partial charge in [0.25, 0.3) is 0 Å². The summed E-state index contributed by atoms with van der Waals surface area (Å²) >= 11 is 0. The molecule has 0 aliphatic carbocycles. The van der Waals surface area contributed by atoms with Crippen LogP contribution in [0.3, 0.4) is 0 Å². The van der Waals surface area contributed by atoms with Crippen molar-refractivity contribution in [1.82, 2.24) is 4.23 Å². The summed E-state index contributed by atoms with van der Waals surface area (Å²) in [6, 6.07) is 37.1. The van der Waals surface area contributed by atoms with E-state index in [0.717, 1.165) is 5.56 Å². The van der Waals surface area contributed by atoms with Crippen molar-refractivity contribution < 1.29 is 0 Å². The topological polar surface area (TPSA) is 4.93 Å². The fourth-order valence-electron chi connectivity index (χ4n) is 7.37. The minimum atomic E-state index is -1.99. The maximum absolute atomic E-state index is 6.46. The summed E-state index contributed by atoms with van der Waals surface area (Å²) in [5, 5.41) is 1.27. The van der Waals surface area contributed by atoms with E-state index in [-0.39, 0.29) is 5.92 Å². The largest absolute Gasteiger partial charge is 0.373 e. The average molecular weight is 540 g/mol. The highest BCUT2D eigenvalue weighted by Gasteiger charge is 2.46. The fraction of sp³-hybridized carbons (Fsp3) is 0.263. The molecule has 1 heterocycles. The van der Waals surface area contributed by atoms with Crippen LogP contribution < -0.4 is 0 Å². The normalized spacial score (nSPS) is 12.8. The Morgan fingerprint density at radius 3 is 1.55 bits per heavy atom. The van der Waals surface area contributed by atoms with E-state index < -0.39 is 8.24 Å². The van der Waals surface area contributed by atoms with Crippen LogP contribution in [0.2, 0.25) is 16.6 Å². The van der Waals surface area contributed by atoms with Gasteiger partial charge in [0.2, 0.25) is 0 Å². The molecule has 5 aromatic rings. The van der Waals surface area contributed by atoms with Gasteiger partial charge >= 0.3 is 0 Å². The lowest BCUT2D eigenvalue weighted by Gasteiger charge is -2.44. The van der Waals surface area contributed by atoms with E-state index in [9.17, 15) is 0 Å². The highest BCUT2D eigenvalue weighted by atomic mass is 28.3. The minimum absolute atomic E-state index is 0.157. The molecule has 0 saturated carbocycles. The van der Waals surface area contributed by atoms with E-state index in [2.05, 4.69) is 161 Å². The van der Waals surface area contributed by atoms with Crippen molar-refractivity contribution in [2.75, 3.05) is 0 Å². The first-order valence-corrected chi connectivity index (χ1v) is 16.8. The van der Waals surface area contributed by atoms with Gasteiger partial charge in [-0.15, -0.1) is 6.42 Å². The zero-order valence-corrected chi connectivity index (χ0v) is 25.7. The number of rotatable bonds is 8. The minimum Gasteiger partial charge on any atom is -0.373 e. The molecule has 0 N–H and O–H groups in total. The molecule has 40 heavy (non-hydrogen) atoms. The summed E-state index contributed by atoms with van der Waals surface area (Å²) in [4.78, 5) is 0. The number of benzene rings is 4. The quantitative estimate of drug-likeness (QED) is 0.136. The molecule has 1 atom stereocenters. The van der Waals surface area contributed by atoms with Crippen molar-refractivity contribution in [3.8, 4) is 34.6 Å². The van der Waals surface area contributed by atoms with Gasteiger partial charge in [0.15, 0.2) is 8.24 Å². The van der Waals surface area contributed by atoms with Crippen LogP contribution in [0.5, 0.6) is 0 Å². The van der Waals surface area contributed by atoms with Crippen molar-refractivity contribution in [1.29, 1.82) is 0 Å². The summed E-state index contributed by atoms with van der Waals surface area (Å²) in [5.41, 5.74) is 10.3. The number of hydrogen-bond donors (Lipinski definition) is 0. The number of para-hydroxylation sites is 1. The molecule has 1 aromatic heterocycles. The predicted molar refractivity (Wildman–Crippen MR) is 176 cm³/mol. The maximum atomic E-state index is 6.46. The van der Waals surface area contributed by atoms with Gasteiger partial charge in [0.05, 0.1) is 5.92 Å². The van der Waals surface area contributed by atoms with Crippen LogP contribution in [0.25, 0.3) is 33.2 Å². The summed E-state index contributed by atoms with van der Waals surface area (Å²) in [6.07, 6.45) is 8.90. The third kappa shape index (κ3) is 4.74. The Kier molecular flexibility index (Phi) is 7.88. The zero-order valence-electron chi connectivity index (χ0n) is 24.7. The van der Waals surface area contributed by atoms with E-state index in [1.165, 1.54) is 38.7 Å². The Labute approximate surface area is 242 Å². The van der Waals surface area contributed by atoms with Gasteiger partial charge in [-0.25, -0.2) is 0 Å². The van der Waals surface area contributed by atoms with Crippen LogP contribution in [0, 0.1) is 12.3 Å². The Hall–Kier alpha value is -3.80. The van der Waals surface area contributed by atoms with Gasteiger partial charge in [-0.05, 0) is 74.3 Å². The van der Waals surface area contributed by atoms with Gasteiger partial charge in [0, 0.05) is 17.1 Å². The van der Waals surface area contributed by atoms with Gasteiger partial charge in [-0.3, -0.25) is 0 Å². The lowest BCUT2D eigenvalue weighted by atomic mass is 9.87. The molecule has 0 spiro atoms. The van der Waals surface area contributed by atoms with Crippen molar-refractivity contribution in [3.05, 3.63) is 120 Å². The number of hydrogen-bond acceptors (Lipinski definition) is 0. The van der Waals surface area contributed by atoms with E-state index in [1.807, 2.05) is 0 Å². The highest BCUT2D eigenvalue weighted by Crippen LogP contribution is 2.46. The van der Waals surface area contributed by atoms with E-state index in [0.29, 0.717) is 16.6 Å².